The van der Waals surface area contributed by atoms with E-state index in [0.717, 1.165) is 11.1 Å². The molecule has 4 rings (SSSR count). The molecule has 2 aliphatic rings. The number of hydrogen-bond acceptors (Lipinski definition) is 4. The average molecular weight is 446 g/mol. The normalized spacial score (nSPS) is 21.2. The Kier molecular flexibility index (Phi) is 5.76. The summed E-state index contributed by atoms with van der Waals surface area (Å²) in [5.41, 5.74) is 2.93. The number of ether oxygens (including phenoxy) is 2. The molecule has 2 aromatic rings. The van der Waals surface area contributed by atoms with Crippen molar-refractivity contribution in [3.63, 3.8) is 0 Å². The van der Waals surface area contributed by atoms with Gasteiger partial charge in [0.15, 0.2) is 5.78 Å². The van der Waals surface area contributed by atoms with E-state index >= 15 is 0 Å². The highest BCUT2D eigenvalue weighted by Gasteiger charge is 2.39. The Labute approximate surface area is 185 Å². The summed E-state index contributed by atoms with van der Waals surface area (Å²) in [6.07, 6.45) is 1.02. The van der Waals surface area contributed by atoms with Crippen molar-refractivity contribution in [1.82, 2.24) is 5.32 Å². The fraction of sp³-hybridized carbons (Fsp3) is 0.304. The smallest absolute Gasteiger partial charge is 0.225 e. The van der Waals surface area contributed by atoms with E-state index in [1.165, 1.54) is 0 Å². The summed E-state index contributed by atoms with van der Waals surface area (Å²) in [7, 11) is 3.20. The van der Waals surface area contributed by atoms with Crippen molar-refractivity contribution in [3.05, 3.63) is 68.8 Å². The molecule has 0 bridgehead atoms. The number of hydrogen-bond donors (Lipinski definition) is 1. The number of amides is 1. The highest BCUT2D eigenvalue weighted by atomic mass is 35.5. The number of nitrogens with one attached hydrogen (secondary N) is 1. The highest BCUT2D eigenvalue weighted by Crippen LogP contribution is 2.46. The van der Waals surface area contributed by atoms with Crippen LogP contribution in [0.15, 0.2) is 47.7 Å². The molecule has 0 saturated heterocycles. The van der Waals surface area contributed by atoms with Gasteiger partial charge in [-0.3, -0.25) is 9.59 Å². The molecular formula is C23H21Cl2NO4. The number of ketones is 1. The van der Waals surface area contributed by atoms with Gasteiger partial charge in [-0.1, -0.05) is 29.3 Å². The van der Waals surface area contributed by atoms with Crippen LogP contribution in [0.1, 0.15) is 42.2 Å². The molecule has 1 aliphatic heterocycles. The Morgan fingerprint density at radius 1 is 0.933 bits per heavy atom. The second kappa shape index (κ2) is 8.32. The molecule has 5 nitrogen and oxygen atoms in total. The number of carbonyl (C=O) groups is 2. The van der Waals surface area contributed by atoms with Gasteiger partial charge in [0, 0.05) is 51.6 Å². The van der Waals surface area contributed by atoms with Crippen LogP contribution in [0, 0.1) is 0 Å². The first-order chi connectivity index (χ1) is 14.4. The predicted molar refractivity (Wildman–Crippen MR) is 116 cm³/mol. The lowest BCUT2D eigenvalue weighted by Crippen LogP contribution is -2.38. The number of methoxy groups -OCH3 is 2. The molecule has 0 unspecified atom stereocenters. The molecular weight excluding hydrogens is 425 g/mol. The first-order valence-electron chi connectivity index (χ1n) is 9.64. The van der Waals surface area contributed by atoms with Crippen LogP contribution in [0.5, 0.6) is 11.5 Å². The third kappa shape index (κ3) is 3.80. The number of allylic oxidation sites excluding steroid dienone is 2. The molecule has 156 valence electrons. The van der Waals surface area contributed by atoms with Gasteiger partial charge < -0.3 is 14.8 Å². The molecule has 2 aromatic carbocycles. The Bertz CT molecular complexity index is 1060. The summed E-state index contributed by atoms with van der Waals surface area (Å²) in [6.45, 7) is 0. The summed E-state index contributed by atoms with van der Waals surface area (Å²) >= 11 is 12.4. The van der Waals surface area contributed by atoms with Gasteiger partial charge in [-0.05, 0) is 42.3 Å². The van der Waals surface area contributed by atoms with Crippen LogP contribution in [-0.2, 0) is 9.59 Å². The van der Waals surface area contributed by atoms with Crippen LogP contribution >= 0.6 is 23.2 Å². The number of Topliss-reactive ketones (excluding diaryl/α,β-unsaturated/α-hetero) is 1. The second-order valence-electron chi connectivity index (χ2n) is 7.50. The Balaban J connectivity index is 1.75. The van der Waals surface area contributed by atoms with Crippen molar-refractivity contribution < 1.29 is 19.1 Å². The summed E-state index contributed by atoms with van der Waals surface area (Å²) in [5, 5.41) is 3.89. The summed E-state index contributed by atoms with van der Waals surface area (Å²) in [6, 6.07) is 10.7. The van der Waals surface area contributed by atoms with Gasteiger partial charge in [0.2, 0.25) is 5.91 Å². The lowest BCUT2D eigenvalue weighted by molar-refractivity contribution is -0.122. The van der Waals surface area contributed by atoms with Crippen molar-refractivity contribution in [2.45, 2.75) is 31.1 Å². The summed E-state index contributed by atoms with van der Waals surface area (Å²) < 4.78 is 10.9. The number of halogens is 2. The second-order valence-corrected chi connectivity index (χ2v) is 8.34. The molecule has 1 aliphatic carbocycles. The van der Waals surface area contributed by atoms with Gasteiger partial charge >= 0.3 is 0 Å². The Morgan fingerprint density at radius 3 is 2.43 bits per heavy atom. The zero-order valence-electron chi connectivity index (χ0n) is 16.6. The first kappa shape index (κ1) is 20.8. The van der Waals surface area contributed by atoms with E-state index in [0.29, 0.717) is 45.7 Å². The van der Waals surface area contributed by atoms with Gasteiger partial charge in [-0.2, -0.15) is 0 Å². The number of carbonyl (C=O) groups excluding carboxylic acids is 2. The zero-order chi connectivity index (χ0) is 21.4. The third-order valence-corrected chi connectivity index (χ3v) is 6.31. The van der Waals surface area contributed by atoms with Crippen LogP contribution in [0.3, 0.4) is 0 Å². The van der Waals surface area contributed by atoms with E-state index in [-0.39, 0.29) is 29.9 Å². The SMILES string of the molecule is COc1ccc(OC)c([C@@H]2CC(=O)C3=C(C2)NC(=O)C[C@H]3c2ccc(Cl)cc2Cl)c1. The van der Waals surface area contributed by atoms with E-state index in [1.807, 2.05) is 18.2 Å². The van der Waals surface area contributed by atoms with Gasteiger partial charge in [0.1, 0.15) is 11.5 Å². The molecule has 1 amide bonds. The Morgan fingerprint density at radius 2 is 1.73 bits per heavy atom. The molecule has 0 radical (unpaired) electrons. The standard InChI is InChI=1S/C23H21Cl2NO4/c1-29-14-4-6-21(30-2)16(10-14)12-7-19-23(20(27)8-12)17(11-22(28)26-19)15-5-3-13(24)9-18(15)25/h3-6,9-10,12,17H,7-8,11H2,1-2H3,(H,26,28)/t12-,17-/m0/s1. The van der Waals surface area contributed by atoms with Crippen LogP contribution < -0.4 is 14.8 Å². The largest absolute Gasteiger partial charge is 0.497 e. The van der Waals surface area contributed by atoms with E-state index < -0.39 is 0 Å². The maximum atomic E-state index is 13.3. The van der Waals surface area contributed by atoms with Gasteiger partial charge in [0.25, 0.3) is 0 Å². The third-order valence-electron chi connectivity index (χ3n) is 5.75. The monoisotopic (exact) mass is 445 g/mol. The minimum Gasteiger partial charge on any atom is -0.497 e. The van der Waals surface area contributed by atoms with Gasteiger partial charge in [0.05, 0.1) is 14.2 Å². The quantitative estimate of drug-likeness (QED) is 0.717. The predicted octanol–water partition coefficient (Wildman–Crippen LogP) is 5.01. The van der Waals surface area contributed by atoms with Crippen molar-refractivity contribution in [2.24, 2.45) is 0 Å². The van der Waals surface area contributed by atoms with Crippen molar-refractivity contribution in [2.75, 3.05) is 14.2 Å². The van der Waals surface area contributed by atoms with E-state index in [1.54, 1.807) is 32.4 Å². The number of rotatable bonds is 4. The molecule has 2 atom stereocenters. The average Bonchev–Trinajstić information content (AvgIpc) is 2.72. The van der Waals surface area contributed by atoms with Crippen molar-refractivity contribution in [3.8, 4) is 11.5 Å². The molecule has 0 aromatic heterocycles. The van der Waals surface area contributed by atoms with E-state index in [4.69, 9.17) is 32.7 Å². The van der Waals surface area contributed by atoms with E-state index in [2.05, 4.69) is 5.32 Å². The fourth-order valence-electron chi connectivity index (χ4n) is 4.39. The van der Waals surface area contributed by atoms with Crippen molar-refractivity contribution in [1.29, 1.82) is 0 Å². The molecule has 0 fully saturated rings. The molecule has 30 heavy (non-hydrogen) atoms. The molecule has 0 spiro atoms. The number of benzene rings is 2. The Hall–Kier alpha value is -2.50. The van der Waals surface area contributed by atoms with Gasteiger partial charge in [-0.25, -0.2) is 0 Å². The molecule has 1 N–H and O–H groups in total. The molecule has 0 saturated carbocycles. The first-order valence-corrected chi connectivity index (χ1v) is 10.4. The van der Waals surface area contributed by atoms with Gasteiger partial charge in [-0.15, -0.1) is 0 Å². The highest BCUT2D eigenvalue weighted by molar-refractivity contribution is 6.35. The minimum atomic E-state index is -0.376. The van der Waals surface area contributed by atoms with Crippen LogP contribution in [-0.4, -0.2) is 25.9 Å². The maximum Gasteiger partial charge on any atom is 0.225 e. The molecule has 1 heterocycles. The minimum absolute atomic E-state index is 0.00198. The maximum absolute atomic E-state index is 13.3. The van der Waals surface area contributed by atoms with Crippen LogP contribution in [0.25, 0.3) is 0 Å². The van der Waals surface area contributed by atoms with E-state index in [9.17, 15) is 9.59 Å². The topological polar surface area (TPSA) is 64.6 Å². The fourth-order valence-corrected chi connectivity index (χ4v) is 4.93. The van der Waals surface area contributed by atoms with Crippen LogP contribution in [0.4, 0.5) is 0 Å². The van der Waals surface area contributed by atoms with Crippen LogP contribution in [0.2, 0.25) is 10.0 Å². The lowest BCUT2D eigenvalue weighted by Gasteiger charge is -2.35. The summed E-state index contributed by atoms with van der Waals surface area (Å²) in [4.78, 5) is 25.8. The molecule has 7 heteroatoms. The zero-order valence-corrected chi connectivity index (χ0v) is 18.1. The lowest BCUT2D eigenvalue weighted by atomic mass is 9.73. The summed E-state index contributed by atoms with van der Waals surface area (Å²) in [5.74, 6) is 0.756. The van der Waals surface area contributed by atoms with Crippen molar-refractivity contribution >= 4 is 34.9 Å².